The van der Waals surface area contributed by atoms with Crippen LogP contribution in [0.25, 0.3) is 0 Å². The number of hydrogen-bond donors (Lipinski definition) is 1. The van der Waals surface area contributed by atoms with Crippen LogP contribution in [0.15, 0.2) is 6.20 Å². The van der Waals surface area contributed by atoms with Gasteiger partial charge in [0.05, 0.1) is 5.69 Å². The molecule has 0 unspecified atom stereocenters. The van der Waals surface area contributed by atoms with Gasteiger partial charge in [-0.1, -0.05) is 0 Å². The van der Waals surface area contributed by atoms with Crippen LogP contribution in [0.3, 0.4) is 0 Å². The van der Waals surface area contributed by atoms with Crippen LogP contribution in [-0.4, -0.2) is 29.5 Å². The number of nitrogens with zero attached hydrogens (tertiary/aromatic N) is 2. The zero-order valence-corrected chi connectivity index (χ0v) is 8.95. The van der Waals surface area contributed by atoms with Gasteiger partial charge >= 0.3 is 0 Å². The first-order valence-corrected chi connectivity index (χ1v) is 5.01. The van der Waals surface area contributed by atoms with Gasteiger partial charge in [-0.3, -0.25) is 4.68 Å². The van der Waals surface area contributed by atoms with E-state index in [0.29, 0.717) is 6.04 Å². The second-order valence-corrected chi connectivity index (χ2v) is 3.82. The van der Waals surface area contributed by atoms with Crippen LogP contribution in [0.2, 0.25) is 0 Å². The normalized spacial score (nSPS) is 27.1. The highest BCUT2D eigenvalue weighted by Crippen LogP contribution is 2.30. The van der Waals surface area contributed by atoms with Gasteiger partial charge in [0.15, 0.2) is 0 Å². The summed E-state index contributed by atoms with van der Waals surface area (Å²) >= 11 is 0. The molecule has 4 heteroatoms. The third kappa shape index (κ3) is 1.55. The van der Waals surface area contributed by atoms with Gasteiger partial charge in [-0.05, 0) is 20.4 Å². The predicted molar refractivity (Wildman–Crippen MR) is 54.1 cm³/mol. The molecule has 78 valence electrons. The number of likely N-dealkylation sites (N-methyl/N-ethyl adjacent to an activating group) is 1. The Morgan fingerprint density at radius 1 is 1.64 bits per heavy atom. The Labute approximate surface area is 84.3 Å². The molecular formula is C10H17N3O. The smallest absolute Gasteiger partial charge is 0.101 e. The number of ether oxygens (including phenoxy) is 1. The quantitative estimate of drug-likeness (QED) is 0.758. The monoisotopic (exact) mass is 195 g/mol. The molecule has 1 aliphatic heterocycles. The van der Waals surface area contributed by atoms with E-state index in [1.807, 2.05) is 25.7 Å². The summed E-state index contributed by atoms with van der Waals surface area (Å²) in [6, 6.07) is 0.429. The number of rotatable bonds is 2. The van der Waals surface area contributed by atoms with Crippen LogP contribution in [0.4, 0.5) is 0 Å². The third-order valence-electron chi connectivity index (χ3n) is 2.82. The molecule has 1 aliphatic rings. The summed E-state index contributed by atoms with van der Waals surface area (Å²) in [7, 11) is 3.93. The van der Waals surface area contributed by atoms with Crippen molar-refractivity contribution in [3.05, 3.63) is 17.5 Å². The minimum atomic E-state index is 0.175. The zero-order chi connectivity index (χ0) is 10.1. The highest BCUT2D eigenvalue weighted by molar-refractivity contribution is 5.21. The minimum Gasteiger partial charge on any atom is -0.372 e. The van der Waals surface area contributed by atoms with Crippen molar-refractivity contribution in [3.8, 4) is 0 Å². The number of nitrogens with one attached hydrogen (secondary N) is 1. The topological polar surface area (TPSA) is 39.1 Å². The maximum Gasteiger partial charge on any atom is 0.101 e. The Morgan fingerprint density at radius 2 is 2.43 bits per heavy atom. The Hall–Kier alpha value is -0.870. The van der Waals surface area contributed by atoms with Crippen molar-refractivity contribution in [1.29, 1.82) is 0 Å². The van der Waals surface area contributed by atoms with Crippen molar-refractivity contribution in [3.63, 3.8) is 0 Å². The van der Waals surface area contributed by atoms with E-state index in [1.165, 1.54) is 5.56 Å². The molecule has 0 bridgehead atoms. The van der Waals surface area contributed by atoms with Crippen molar-refractivity contribution in [2.45, 2.75) is 25.5 Å². The second-order valence-electron chi connectivity index (χ2n) is 3.82. The van der Waals surface area contributed by atoms with E-state index in [2.05, 4.69) is 16.6 Å². The van der Waals surface area contributed by atoms with E-state index in [-0.39, 0.29) is 6.10 Å². The van der Waals surface area contributed by atoms with Crippen molar-refractivity contribution < 1.29 is 4.74 Å². The van der Waals surface area contributed by atoms with Crippen molar-refractivity contribution >= 4 is 0 Å². The molecule has 1 saturated heterocycles. The third-order valence-corrected chi connectivity index (χ3v) is 2.82. The standard InChI is InChI=1S/C10H17N3O/c1-7-8(6-13(3)12-7)10-9(11-2)4-5-14-10/h6,9-11H,4-5H2,1-3H3/t9-,10+/m0/s1. The fourth-order valence-electron chi connectivity index (χ4n) is 2.09. The van der Waals surface area contributed by atoms with Crippen LogP contribution < -0.4 is 5.32 Å². The molecule has 2 heterocycles. The summed E-state index contributed by atoms with van der Waals surface area (Å²) in [5.74, 6) is 0. The van der Waals surface area contributed by atoms with Crippen LogP contribution in [0, 0.1) is 6.92 Å². The Bertz CT molecular complexity index is 321. The van der Waals surface area contributed by atoms with Crippen molar-refractivity contribution in [2.24, 2.45) is 7.05 Å². The van der Waals surface area contributed by atoms with Gasteiger partial charge < -0.3 is 10.1 Å². The van der Waals surface area contributed by atoms with Crippen LogP contribution >= 0.6 is 0 Å². The first kappa shape index (κ1) is 9.68. The van der Waals surface area contributed by atoms with Crippen LogP contribution in [0.5, 0.6) is 0 Å². The highest BCUT2D eigenvalue weighted by Gasteiger charge is 2.30. The molecule has 0 spiro atoms. The van der Waals surface area contributed by atoms with Gasteiger partial charge in [0.1, 0.15) is 6.10 Å². The lowest BCUT2D eigenvalue weighted by Crippen LogP contribution is -2.28. The number of hydrogen-bond acceptors (Lipinski definition) is 3. The Morgan fingerprint density at radius 3 is 3.00 bits per heavy atom. The largest absolute Gasteiger partial charge is 0.372 e. The van der Waals surface area contributed by atoms with E-state index in [4.69, 9.17) is 4.74 Å². The average Bonchev–Trinajstić information content (AvgIpc) is 2.71. The van der Waals surface area contributed by atoms with Gasteiger partial charge in [0.25, 0.3) is 0 Å². The maximum absolute atomic E-state index is 5.72. The van der Waals surface area contributed by atoms with Crippen molar-refractivity contribution in [2.75, 3.05) is 13.7 Å². The summed E-state index contributed by atoms with van der Waals surface area (Å²) in [5.41, 5.74) is 2.28. The lowest BCUT2D eigenvalue weighted by Gasteiger charge is -2.16. The van der Waals surface area contributed by atoms with Gasteiger partial charge in [-0.2, -0.15) is 5.10 Å². The predicted octanol–water partition coefficient (Wildman–Crippen LogP) is 0.778. The molecule has 1 N–H and O–H groups in total. The van der Waals surface area contributed by atoms with E-state index in [0.717, 1.165) is 18.7 Å². The van der Waals surface area contributed by atoms with Gasteiger partial charge in [-0.25, -0.2) is 0 Å². The molecule has 0 aliphatic carbocycles. The molecule has 1 fully saturated rings. The average molecular weight is 195 g/mol. The van der Waals surface area contributed by atoms with Crippen LogP contribution in [-0.2, 0) is 11.8 Å². The molecule has 0 amide bonds. The molecule has 0 radical (unpaired) electrons. The second kappa shape index (κ2) is 3.71. The maximum atomic E-state index is 5.72. The van der Waals surface area contributed by atoms with E-state index < -0.39 is 0 Å². The van der Waals surface area contributed by atoms with E-state index in [1.54, 1.807) is 0 Å². The Balaban J connectivity index is 2.25. The summed E-state index contributed by atoms with van der Waals surface area (Å²) < 4.78 is 7.57. The van der Waals surface area contributed by atoms with E-state index >= 15 is 0 Å². The molecule has 14 heavy (non-hydrogen) atoms. The fourth-order valence-corrected chi connectivity index (χ4v) is 2.09. The van der Waals surface area contributed by atoms with E-state index in [9.17, 15) is 0 Å². The van der Waals surface area contributed by atoms with Gasteiger partial charge in [0.2, 0.25) is 0 Å². The lowest BCUT2D eigenvalue weighted by atomic mass is 10.0. The first-order chi connectivity index (χ1) is 6.72. The molecule has 0 saturated carbocycles. The van der Waals surface area contributed by atoms with Crippen molar-refractivity contribution in [1.82, 2.24) is 15.1 Å². The highest BCUT2D eigenvalue weighted by atomic mass is 16.5. The number of aryl methyl sites for hydroxylation is 2. The molecule has 2 atom stereocenters. The summed E-state index contributed by atoms with van der Waals surface area (Å²) in [6.45, 7) is 2.87. The molecule has 0 aromatic carbocycles. The lowest BCUT2D eigenvalue weighted by molar-refractivity contribution is 0.0996. The van der Waals surface area contributed by atoms with Gasteiger partial charge in [0, 0.05) is 31.5 Å². The molecule has 1 aromatic rings. The zero-order valence-electron chi connectivity index (χ0n) is 8.95. The fraction of sp³-hybridized carbons (Fsp3) is 0.700. The summed E-state index contributed by atoms with van der Waals surface area (Å²) in [5, 5.41) is 7.62. The van der Waals surface area contributed by atoms with Gasteiger partial charge in [-0.15, -0.1) is 0 Å². The molecular weight excluding hydrogens is 178 g/mol. The van der Waals surface area contributed by atoms with Crippen LogP contribution in [0.1, 0.15) is 23.8 Å². The Kier molecular flexibility index (Phi) is 2.56. The summed E-state index contributed by atoms with van der Waals surface area (Å²) in [6.07, 6.45) is 3.30. The SMILES string of the molecule is CN[C@H]1CCO[C@@H]1c1cn(C)nc1C. The first-order valence-electron chi connectivity index (χ1n) is 5.01. The minimum absolute atomic E-state index is 0.175. The molecule has 4 nitrogen and oxygen atoms in total. The number of aromatic nitrogens is 2. The molecule has 2 rings (SSSR count). The summed E-state index contributed by atoms with van der Waals surface area (Å²) in [4.78, 5) is 0. The molecule has 1 aromatic heterocycles.